The Bertz CT molecular complexity index is 406. The highest BCUT2D eigenvalue weighted by Crippen LogP contribution is 1.96. The average molecular weight is 282 g/mol. The lowest BCUT2D eigenvalue weighted by Gasteiger charge is -2.13. The Hall–Kier alpha value is -2.05. The van der Waals surface area contributed by atoms with Crippen molar-refractivity contribution in [2.75, 3.05) is 6.54 Å². The molecule has 2 amide bonds. The normalized spacial score (nSPS) is 11.8. The summed E-state index contributed by atoms with van der Waals surface area (Å²) >= 11 is 0. The predicted molar refractivity (Wildman–Crippen MR) is 74.3 cm³/mol. The maximum absolute atomic E-state index is 11.5. The first-order valence-corrected chi connectivity index (χ1v) is 6.80. The maximum Gasteiger partial charge on any atom is 0.314 e. The number of rotatable bonds is 9. The van der Waals surface area contributed by atoms with Crippen LogP contribution in [0.4, 0.5) is 4.79 Å². The first-order valence-electron chi connectivity index (χ1n) is 6.80. The molecule has 1 aromatic rings. The van der Waals surface area contributed by atoms with E-state index in [4.69, 9.17) is 5.11 Å². The van der Waals surface area contributed by atoms with Crippen molar-refractivity contribution >= 4 is 12.0 Å². The van der Waals surface area contributed by atoms with Gasteiger partial charge in [0.15, 0.2) is 0 Å². The van der Waals surface area contributed by atoms with Crippen molar-refractivity contribution in [3.8, 4) is 0 Å². The highest BCUT2D eigenvalue weighted by atomic mass is 16.4. The van der Waals surface area contributed by atoms with Gasteiger partial charge in [0.25, 0.3) is 0 Å². The van der Waals surface area contributed by atoms with Gasteiger partial charge in [-0.1, -0.05) is 0 Å². The van der Waals surface area contributed by atoms with Gasteiger partial charge in [0, 0.05) is 37.9 Å². The monoisotopic (exact) mass is 282 g/mol. The average Bonchev–Trinajstić information content (AvgIpc) is 2.89. The van der Waals surface area contributed by atoms with E-state index in [-0.39, 0.29) is 18.5 Å². The fourth-order valence-electron chi connectivity index (χ4n) is 1.73. The molecule has 0 aliphatic carbocycles. The number of hydrogen-bond acceptors (Lipinski definition) is 3. The Morgan fingerprint density at radius 2 is 2.20 bits per heavy atom. The molecule has 0 aliphatic heterocycles. The Morgan fingerprint density at radius 1 is 1.40 bits per heavy atom. The second-order valence-electron chi connectivity index (χ2n) is 4.74. The topological polar surface area (TPSA) is 96.3 Å². The molecule has 3 N–H and O–H groups in total. The van der Waals surface area contributed by atoms with Crippen LogP contribution in [0.2, 0.25) is 0 Å². The third-order valence-electron chi connectivity index (χ3n) is 2.86. The van der Waals surface area contributed by atoms with E-state index in [1.165, 1.54) is 0 Å². The molecule has 112 valence electrons. The zero-order valence-electron chi connectivity index (χ0n) is 11.7. The lowest BCUT2D eigenvalue weighted by Crippen LogP contribution is -2.41. The van der Waals surface area contributed by atoms with Gasteiger partial charge in [-0.15, -0.1) is 0 Å². The summed E-state index contributed by atoms with van der Waals surface area (Å²) < 4.78 is 1.99. The highest BCUT2D eigenvalue weighted by molar-refractivity contribution is 5.74. The van der Waals surface area contributed by atoms with Gasteiger partial charge in [-0.3, -0.25) is 4.79 Å². The van der Waals surface area contributed by atoms with Gasteiger partial charge in [0.1, 0.15) is 0 Å². The van der Waals surface area contributed by atoms with E-state index in [2.05, 4.69) is 15.6 Å². The molecule has 20 heavy (non-hydrogen) atoms. The van der Waals surface area contributed by atoms with E-state index in [0.717, 1.165) is 19.4 Å². The van der Waals surface area contributed by atoms with Crippen LogP contribution in [0.3, 0.4) is 0 Å². The van der Waals surface area contributed by atoms with Crippen molar-refractivity contribution in [2.24, 2.45) is 0 Å². The smallest absolute Gasteiger partial charge is 0.314 e. The molecule has 0 radical (unpaired) electrons. The molecule has 0 aliphatic rings. The van der Waals surface area contributed by atoms with Crippen LogP contribution < -0.4 is 10.6 Å². The molecule has 7 nitrogen and oxygen atoms in total. The van der Waals surface area contributed by atoms with E-state index in [9.17, 15) is 9.59 Å². The van der Waals surface area contributed by atoms with Gasteiger partial charge in [-0.05, 0) is 26.2 Å². The fourth-order valence-corrected chi connectivity index (χ4v) is 1.73. The number of carbonyl (C=O) groups excluding carboxylic acids is 1. The van der Waals surface area contributed by atoms with Crippen LogP contribution in [0.25, 0.3) is 0 Å². The molecule has 7 heteroatoms. The largest absolute Gasteiger partial charge is 0.481 e. The van der Waals surface area contributed by atoms with Gasteiger partial charge in [0.2, 0.25) is 0 Å². The predicted octanol–water partition coefficient (Wildman–Crippen LogP) is 1.22. The Labute approximate surface area is 118 Å². The van der Waals surface area contributed by atoms with Gasteiger partial charge in [-0.25, -0.2) is 9.78 Å². The van der Waals surface area contributed by atoms with Crippen LogP contribution in [0.15, 0.2) is 18.7 Å². The summed E-state index contributed by atoms with van der Waals surface area (Å²) in [6, 6.07) is -0.387. The Balaban J connectivity index is 2.00. The van der Waals surface area contributed by atoms with Crippen LogP contribution >= 0.6 is 0 Å². The minimum Gasteiger partial charge on any atom is -0.481 e. The SMILES string of the molecule is CC(CCC(=O)O)NC(=O)NCCCCn1ccnc1. The number of nitrogens with zero attached hydrogens (tertiary/aromatic N) is 2. The van der Waals surface area contributed by atoms with Crippen molar-refractivity contribution in [1.29, 1.82) is 0 Å². The molecule has 0 saturated heterocycles. The second kappa shape index (κ2) is 8.95. The summed E-state index contributed by atoms with van der Waals surface area (Å²) in [6.07, 6.45) is 7.76. The number of nitrogens with one attached hydrogen (secondary N) is 2. The lowest BCUT2D eigenvalue weighted by molar-refractivity contribution is -0.137. The van der Waals surface area contributed by atoms with E-state index >= 15 is 0 Å². The van der Waals surface area contributed by atoms with E-state index in [1.54, 1.807) is 19.4 Å². The van der Waals surface area contributed by atoms with Crippen molar-refractivity contribution in [3.05, 3.63) is 18.7 Å². The number of carboxylic acids is 1. The molecule has 1 unspecified atom stereocenters. The van der Waals surface area contributed by atoms with E-state index in [0.29, 0.717) is 13.0 Å². The third kappa shape index (κ3) is 7.40. The first kappa shape index (κ1) is 16.0. The van der Waals surface area contributed by atoms with E-state index < -0.39 is 5.97 Å². The minimum atomic E-state index is -0.849. The summed E-state index contributed by atoms with van der Waals surface area (Å²) in [6.45, 7) is 3.28. The minimum absolute atomic E-state index is 0.0619. The molecular formula is C13H22N4O3. The number of aryl methyl sites for hydroxylation is 1. The van der Waals surface area contributed by atoms with Crippen LogP contribution in [-0.4, -0.2) is 39.2 Å². The molecule has 0 saturated carbocycles. The first-order chi connectivity index (χ1) is 9.58. The molecule has 0 fully saturated rings. The molecule has 0 bridgehead atoms. The van der Waals surface area contributed by atoms with Gasteiger partial charge >= 0.3 is 12.0 Å². The molecule has 1 aromatic heterocycles. The summed E-state index contributed by atoms with van der Waals surface area (Å²) in [7, 11) is 0. The van der Waals surface area contributed by atoms with Crippen LogP contribution in [-0.2, 0) is 11.3 Å². The second-order valence-corrected chi connectivity index (χ2v) is 4.74. The summed E-state index contributed by atoms with van der Waals surface area (Å²) in [5.41, 5.74) is 0. The van der Waals surface area contributed by atoms with Crippen LogP contribution in [0.1, 0.15) is 32.6 Å². The number of amides is 2. The lowest BCUT2D eigenvalue weighted by atomic mass is 10.2. The molecule has 1 atom stereocenters. The Morgan fingerprint density at radius 3 is 2.85 bits per heavy atom. The molecule has 1 heterocycles. The summed E-state index contributed by atoms with van der Waals surface area (Å²) in [4.78, 5) is 25.9. The third-order valence-corrected chi connectivity index (χ3v) is 2.86. The fraction of sp³-hybridized carbons (Fsp3) is 0.615. The molecule has 0 spiro atoms. The standard InChI is InChI=1S/C13H22N4O3/c1-11(4-5-12(18)19)16-13(20)15-6-2-3-8-17-9-7-14-10-17/h7,9-11H,2-6,8H2,1H3,(H,18,19)(H2,15,16,20). The quantitative estimate of drug-likeness (QED) is 0.593. The van der Waals surface area contributed by atoms with Gasteiger partial charge in [0.05, 0.1) is 6.33 Å². The number of urea groups is 1. The van der Waals surface area contributed by atoms with Gasteiger partial charge < -0.3 is 20.3 Å². The molecule has 1 rings (SSSR count). The van der Waals surface area contributed by atoms with Crippen molar-refractivity contribution in [3.63, 3.8) is 0 Å². The maximum atomic E-state index is 11.5. The van der Waals surface area contributed by atoms with Crippen LogP contribution in [0, 0.1) is 0 Å². The highest BCUT2D eigenvalue weighted by Gasteiger charge is 2.08. The number of aliphatic carboxylic acids is 1. The van der Waals surface area contributed by atoms with Crippen molar-refractivity contribution in [2.45, 2.75) is 45.2 Å². The number of carbonyl (C=O) groups is 2. The van der Waals surface area contributed by atoms with E-state index in [1.807, 2.05) is 10.8 Å². The summed E-state index contributed by atoms with van der Waals surface area (Å²) in [5.74, 6) is -0.849. The number of unbranched alkanes of at least 4 members (excludes halogenated alkanes) is 1. The summed E-state index contributed by atoms with van der Waals surface area (Å²) in [5, 5.41) is 14.0. The van der Waals surface area contributed by atoms with Gasteiger partial charge in [-0.2, -0.15) is 0 Å². The molecular weight excluding hydrogens is 260 g/mol. The number of imidazole rings is 1. The Kier molecular flexibility index (Phi) is 7.16. The zero-order valence-corrected chi connectivity index (χ0v) is 11.7. The number of hydrogen-bond donors (Lipinski definition) is 3. The van der Waals surface area contributed by atoms with Crippen LogP contribution in [0.5, 0.6) is 0 Å². The zero-order chi connectivity index (χ0) is 14.8. The number of carboxylic acid groups (broad SMARTS) is 1. The molecule has 0 aromatic carbocycles. The van der Waals surface area contributed by atoms with Crippen molar-refractivity contribution in [1.82, 2.24) is 20.2 Å². The number of aromatic nitrogens is 2. The van der Waals surface area contributed by atoms with Crippen molar-refractivity contribution < 1.29 is 14.7 Å².